The van der Waals surface area contributed by atoms with E-state index in [4.69, 9.17) is 0 Å². The Hall–Kier alpha value is -1.74. The van der Waals surface area contributed by atoms with Crippen LogP contribution in [0.4, 0.5) is 8.78 Å². The van der Waals surface area contributed by atoms with E-state index in [0.717, 1.165) is 25.0 Å². The van der Waals surface area contributed by atoms with Crippen LogP contribution in [0, 0.1) is 11.6 Å². The van der Waals surface area contributed by atoms with Crippen molar-refractivity contribution in [1.29, 1.82) is 0 Å². The highest BCUT2D eigenvalue weighted by atomic mass is 19.1. The molecule has 1 aliphatic rings. The molecule has 0 unspecified atom stereocenters. The molecule has 1 aliphatic carbocycles. The van der Waals surface area contributed by atoms with Gasteiger partial charge in [-0.1, -0.05) is 12.8 Å². The van der Waals surface area contributed by atoms with E-state index < -0.39 is 22.9 Å². The van der Waals surface area contributed by atoms with Crippen LogP contribution in [0.5, 0.6) is 5.75 Å². The fourth-order valence-corrected chi connectivity index (χ4v) is 2.45. The third-order valence-corrected chi connectivity index (χ3v) is 3.23. The molecule has 90 valence electrons. The minimum atomic E-state index is -1.15. The lowest BCUT2D eigenvalue weighted by Crippen LogP contribution is -2.21. The second kappa shape index (κ2) is 4.26. The molecule has 17 heavy (non-hydrogen) atoms. The first-order valence-electron chi connectivity index (χ1n) is 5.37. The minimum absolute atomic E-state index is 0.224. The third kappa shape index (κ3) is 1.83. The van der Waals surface area contributed by atoms with Crippen LogP contribution in [0.3, 0.4) is 0 Å². The Morgan fingerprint density at radius 3 is 2.41 bits per heavy atom. The zero-order valence-electron chi connectivity index (χ0n) is 9.04. The Morgan fingerprint density at radius 1 is 1.24 bits per heavy atom. The lowest BCUT2D eigenvalue weighted by molar-refractivity contribution is 0.368. The first-order valence-corrected chi connectivity index (χ1v) is 5.37. The second-order valence-corrected chi connectivity index (χ2v) is 4.19. The van der Waals surface area contributed by atoms with Crippen LogP contribution >= 0.6 is 0 Å². The Labute approximate surface area is 96.8 Å². The van der Waals surface area contributed by atoms with Crippen LogP contribution in [-0.2, 0) is 10.3 Å². The molecule has 1 aromatic rings. The van der Waals surface area contributed by atoms with Gasteiger partial charge in [-0.2, -0.15) is 4.99 Å². The van der Waals surface area contributed by atoms with E-state index in [-0.39, 0.29) is 5.56 Å². The van der Waals surface area contributed by atoms with Crippen molar-refractivity contribution in [3.05, 3.63) is 29.3 Å². The quantitative estimate of drug-likeness (QED) is 0.637. The second-order valence-electron chi connectivity index (χ2n) is 4.19. The Balaban J connectivity index is 2.65. The molecular weight excluding hydrogens is 228 g/mol. The summed E-state index contributed by atoms with van der Waals surface area (Å²) in [6.45, 7) is 0. The van der Waals surface area contributed by atoms with Gasteiger partial charge in [0.2, 0.25) is 6.08 Å². The first-order chi connectivity index (χ1) is 8.10. The lowest BCUT2D eigenvalue weighted by Gasteiger charge is -2.24. The summed E-state index contributed by atoms with van der Waals surface area (Å²) in [6, 6.07) is 1.78. The van der Waals surface area contributed by atoms with Gasteiger partial charge in [0.25, 0.3) is 0 Å². The molecule has 1 aromatic carbocycles. The Kier molecular flexibility index (Phi) is 2.94. The molecule has 0 amide bonds. The zero-order valence-corrected chi connectivity index (χ0v) is 9.04. The summed E-state index contributed by atoms with van der Waals surface area (Å²) in [7, 11) is 0. The molecule has 0 bridgehead atoms. The maximum absolute atomic E-state index is 13.7. The summed E-state index contributed by atoms with van der Waals surface area (Å²) in [5.41, 5.74) is -1.38. The molecule has 3 nitrogen and oxygen atoms in total. The number of aromatic hydroxyl groups is 1. The summed E-state index contributed by atoms with van der Waals surface area (Å²) in [5.74, 6) is -2.41. The van der Waals surface area contributed by atoms with Crippen molar-refractivity contribution in [2.45, 2.75) is 31.2 Å². The minimum Gasteiger partial charge on any atom is -0.504 e. The highest BCUT2D eigenvalue weighted by Crippen LogP contribution is 2.47. The number of phenols is 1. The van der Waals surface area contributed by atoms with Crippen LogP contribution in [0.1, 0.15) is 31.2 Å². The molecule has 0 spiro atoms. The molecule has 0 heterocycles. The monoisotopic (exact) mass is 239 g/mol. The average molecular weight is 239 g/mol. The van der Waals surface area contributed by atoms with E-state index >= 15 is 0 Å². The van der Waals surface area contributed by atoms with Gasteiger partial charge >= 0.3 is 0 Å². The number of isocyanates is 1. The van der Waals surface area contributed by atoms with Crippen LogP contribution in [-0.4, -0.2) is 11.2 Å². The Morgan fingerprint density at radius 2 is 1.82 bits per heavy atom. The first kappa shape index (κ1) is 11.7. The predicted molar refractivity (Wildman–Crippen MR) is 56.3 cm³/mol. The van der Waals surface area contributed by atoms with Crippen molar-refractivity contribution < 1.29 is 18.7 Å². The molecule has 1 N–H and O–H groups in total. The number of carbonyl (C=O) groups excluding carboxylic acids is 1. The van der Waals surface area contributed by atoms with E-state index in [1.165, 1.54) is 6.08 Å². The summed E-state index contributed by atoms with van der Waals surface area (Å²) in [6.07, 6.45) is 3.72. The largest absolute Gasteiger partial charge is 0.504 e. The van der Waals surface area contributed by atoms with Crippen LogP contribution < -0.4 is 0 Å². The average Bonchev–Trinajstić information content (AvgIpc) is 2.74. The van der Waals surface area contributed by atoms with Crippen molar-refractivity contribution in [2.24, 2.45) is 4.99 Å². The molecule has 0 aliphatic heterocycles. The van der Waals surface area contributed by atoms with Crippen LogP contribution in [0.25, 0.3) is 0 Å². The zero-order chi connectivity index (χ0) is 12.5. The molecular formula is C12H11F2NO2. The van der Waals surface area contributed by atoms with Gasteiger partial charge in [0.15, 0.2) is 11.6 Å². The summed E-state index contributed by atoms with van der Waals surface area (Å²) in [4.78, 5) is 14.1. The number of halogens is 2. The highest BCUT2D eigenvalue weighted by molar-refractivity contribution is 5.45. The molecule has 0 aromatic heterocycles. The van der Waals surface area contributed by atoms with Gasteiger partial charge < -0.3 is 5.11 Å². The number of rotatable bonds is 2. The fraction of sp³-hybridized carbons (Fsp3) is 0.417. The number of hydrogen-bond acceptors (Lipinski definition) is 3. The number of benzene rings is 1. The van der Waals surface area contributed by atoms with Gasteiger partial charge in [-0.3, -0.25) is 0 Å². The molecule has 1 fully saturated rings. The number of nitrogens with zero attached hydrogens (tertiary/aromatic N) is 1. The molecule has 2 rings (SSSR count). The van der Waals surface area contributed by atoms with Crippen molar-refractivity contribution in [1.82, 2.24) is 0 Å². The van der Waals surface area contributed by atoms with Gasteiger partial charge in [-0.05, 0) is 25.0 Å². The number of hydrogen-bond donors (Lipinski definition) is 1. The van der Waals surface area contributed by atoms with Gasteiger partial charge in [0.05, 0.1) is 5.56 Å². The van der Waals surface area contributed by atoms with E-state index in [0.29, 0.717) is 12.8 Å². The smallest absolute Gasteiger partial charge is 0.235 e. The maximum Gasteiger partial charge on any atom is 0.235 e. The van der Waals surface area contributed by atoms with Crippen molar-refractivity contribution in [2.75, 3.05) is 0 Å². The van der Waals surface area contributed by atoms with Gasteiger partial charge in [-0.15, -0.1) is 0 Å². The van der Waals surface area contributed by atoms with Crippen molar-refractivity contribution in [3.63, 3.8) is 0 Å². The van der Waals surface area contributed by atoms with E-state index in [9.17, 15) is 18.7 Å². The standard InChI is InChI=1S/C12H11F2NO2/c13-8-3-4-9(14)11(17)10(8)12(15-7-16)5-1-2-6-12/h3-4,17H,1-2,5-6H2. The van der Waals surface area contributed by atoms with Gasteiger partial charge in [-0.25, -0.2) is 13.6 Å². The van der Waals surface area contributed by atoms with Crippen molar-refractivity contribution >= 4 is 6.08 Å². The lowest BCUT2D eigenvalue weighted by atomic mass is 9.87. The maximum atomic E-state index is 13.7. The van der Waals surface area contributed by atoms with Gasteiger partial charge in [0, 0.05) is 0 Å². The normalized spacial score (nSPS) is 17.8. The molecule has 5 heteroatoms. The SMILES string of the molecule is O=C=NC1(c2c(F)ccc(F)c2O)CCCC1. The topological polar surface area (TPSA) is 49.7 Å². The fourth-order valence-electron chi connectivity index (χ4n) is 2.45. The van der Waals surface area contributed by atoms with E-state index in [1.54, 1.807) is 0 Å². The highest BCUT2D eigenvalue weighted by Gasteiger charge is 2.40. The van der Waals surface area contributed by atoms with Crippen molar-refractivity contribution in [3.8, 4) is 5.75 Å². The van der Waals surface area contributed by atoms with Crippen LogP contribution in [0.2, 0.25) is 0 Å². The predicted octanol–water partition coefficient (Wildman–Crippen LogP) is 2.78. The molecule has 0 saturated heterocycles. The number of phenolic OH excluding ortho intramolecular Hbond substituents is 1. The number of aliphatic imine (C=N–C) groups is 1. The summed E-state index contributed by atoms with van der Waals surface area (Å²) in [5, 5.41) is 9.63. The van der Waals surface area contributed by atoms with Gasteiger partial charge in [0.1, 0.15) is 11.4 Å². The molecule has 0 atom stereocenters. The molecule has 0 radical (unpaired) electrons. The van der Waals surface area contributed by atoms with Crippen LogP contribution in [0.15, 0.2) is 17.1 Å². The third-order valence-electron chi connectivity index (χ3n) is 3.23. The van der Waals surface area contributed by atoms with E-state index in [1.807, 2.05) is 0 Å². The van der Waals surface area contributed by atoms with E-state index in [2.05, 4.69) is 4.99 Å². The Bertz CT molecular complexity index is 490. The summed E-state index contributed by atoms with van der Waals surface area (Å²) >= 11 is 0. The summed E-state index contributed by atoms with van der Waals surface area (Å²) < 4.78 is 27.0. The molecule has 1 saturated carbocycles.